The van der Waals surface area contributed by atoms with Crippen LogP contribution in [0.1, 0.15) is 0 Å². The number of nitrogens with one attached hydrogen (secondary N) is 2. The topological polar surface area (TPSA) is 66.9 Å². The Morgan fingerprint density at radius 2 is 2.27 bits per heavy atom. The number of hydrazine groups is 1. The minimum absolute atomic E-state index is 0.116. The third kappa shape index (κ3) is 5.02. The second-order valence-electron chi connectivity index (χ2n) is 2.55. The SMILES string of the molecule is C=CCSCC(=O)NNc1ncccn1. The summed E-state index contributed by atoms with van der Waals surface area (Å²) in [6, 6.07) is 1.70. The number of carbonyl (C=O) groups is 1. The summed E-state index contributed by atoms with van der Waals surface area (Å²) < 4.78 is 0. The van der Waals surface area contributed by atoms with E-state index in [2.05, 4.69) is 27.4 Å². The molecule has 6 heteroatoms. The Labute approximate surface area is 92.4 Å². The monoisotopic (exact) mass is 224 g/mol. The molecule has 1 aromatic heterocycles. The Morgan fingerprint density at radius 1 is 1.53 bits per heavy atom. The van der Waals surface area contributed by atoms with Gasteiger partial charge in [-0.1, -0.05) is 6.08 Å². The van der Waals surface area contributed by atoms with Crippen LogP contribution in [0.5, 0.6) is 0 Å². The maximum Gasteiger partial charge on any atom is 0.248 e. The molecule has 0 unspecified atom stereocenters. The van der Waals surface area contributed by atoms with Gasteiger partial charge in [0, 0.05) is 18.1 Å². The zero-order valence-electron chi connectivity index (χ0n) is 8.14. The Bertz CT molecular complexity index is 317. The average Bonchev–Trinajstić information content (AvgIpc) is 2.28. The van der Waals surface area contributed by atoms with Crippen LogP contribution in [0.4, 0.5) is 5.95 Å². The van der Waals surface area contributed by atoms with Crippen LogP contribution in [0.25, 0.3) is 0 Å². The van der Waals surface area contributed by atoms with Gasteiger partial charge in [-0.25, -0.2) is 9.97 Å². The lowest BCUT2D eigenvalue weighted by Crippen LogP contribution is -2.31. The van der Waals surface area contributed by atoms with Crippen LogP contribution in [0, 0.1) is 0 Å². The molecule has 0 aliphatic carbocycles. The van der Waals surface area contributed by atoms with E-state index in [1.54, 1.807) is 24.5 Å². The Morgan fingerprint density at radius 3 is 2.93 bits per heavy atom. The second-order valence-corrected chi connectivity index (χ2v) is 3.58. The van der Waals surface area contributed by atoms with E-state index < -0.39 is 0 Å². The molecule has 0 aliphatic rings. The van der Waals surface area contributed by atoms with E-state index in [9.17, 15) is 4.79 Å². The first-order chi connectivity index (χ1) is 7.33. The molecule has 0 radical (unpaired) electrons. The quantitative estimate of drug-likeness (QED) is 0.426. The van der Waals surface area contributed by atoms with Crippen molar-refractivity contribution >= 4 is 23.6 Å². The minimum Gasteiger partial charge on any atom is -0.272 e. The van der Waals surface area contributed by atoms with Crippen LogP contribution >= 0.6 is 11.8 Å². The van der Waals surface area contributed by atoms with Crippen molar-refractivity contribution in [2.24, 2.45) is 0 Å². The fourth-order valence-corrected chi connectivity index (χ4v) is 1.30. The van der Waals surface area contributed by atoms with Gasteiger partial charge in [0.25, 0.3) is 0 Å². The van der Waals surface area contributed by atoms with Gasteiger partial charge in [-0.15, -0.1) is 18.3 Å². The summed E-state index contributed by atoms with van der Waals surface area (Å²) in [6.07, 6.45) is 4.94. The maximum absolute atomic E-state index is 11.2. The van der Waals surface area contributed by atoms with Gasteiger partial charge in [0.2, 0.25) is 11.9 Å². The van der Waals surface area contributed by atoms with Gasteiger partial charge in [0.05, 0.1) is 5.75 Å². The number of nitrogens with zero attached hydrogens (tertiary/aromatic N) is 2. The molecular formula is C9H12N4OS. The summed E-state index contributed by atoms with van der Waals surface area (Å²) in [5.41, 5.74) is 5.10. The van der Waals surface area contributed by atoms with E-state index in [4.69, 9.17) is 0 Å². The number of amides is 1. The lowest BCUT2D eigenvalue weighted by Gasteiger charge is -2.05. The summed E-state index contributed by atoms with van der Waals surface area (Å²) >= 11 is 1.49. The first-order valence-electron chi connectivity index (χ1n) is 4.33. The minimum atomic E-state index is -0.116. The van der Waals surface area contributed by atoms with Crippen LogP contribution in [0.15, 0.2) is 31.1 Å². The molecule has 0 saturated heterocycles. The highest BCUT2D eigenvalue weighted by atomic mass is 32.2. The standard InChI is InChI=1S/C9H12N4OS/c1-2-6-15-7-8(14)12-13-9-10-4-3-5-11-9/h2-5H,1,6-7H2,(H,12,14)(H,10,11,13). The number of hydrogen-bond donors (Lipinski definition) is 2. The summed E-state index contributed by atoms with van der Waals surface area (Å²) in [7, 11) is 0. The van der Waals surface area contributed by atoms with E-state index >= 15 is 0 Å². The lowest BCUT2D eigenvalue weighted by molar-refractivity contribution is -0.118. The highest BCUT2D eigenvalue weighted by Gasteiger charge is 2.00. The molecule has 0 saturated carbocycles. The predicted octanol–water partition coefficient (Wildman–Crippen LogP) is 0.839. The predicted molar refractivity (Wildman–Crippen MR) is 61.3 cm³/mol. The van der Waals surface area contributed by atoms with Crippen LogP contribution in [0.2, 0.25) is 0 Å². The number of aromatic nitrogens is 2. The van der Waals surface area contributed by atoms with Gasteiger partial charge in [-0.05, 0) is 6.07 Å². The van der Waals surface area contributed by atoms with Gasteiger partial charge in [0.15, 0.2) is 0 Å². The van der Waals surface area contributed by atoms with Gasteiger partial charge < -0.3 is 0 Å². The van der Waals surface area contributed by atoms with Crippen molar-refractivity contribution in [3.05, 3.63) is 31.1 Å². The molecule has 1 heterocycles. The summed E-state index contributed by atoms with van der Waals surface area (Å²) in [5, 5.41) is 0. The largest absolute Gasteiger partial charge is 0.272 e. The number of anilines is 1. The highest BCUT2D eigenvalue weighted by molar-refractivity contribution is 8.00. The number of rotatable bonds is 6. The molecule has 0 bridgehead atoms. The van der Waals surface area contributed by atoms with E-state index in [1.807, 2.05) is 0 Å². The van der Waals surface area contributed by atoms with Crippen molar-refractivity contribution in [2.75, 3.05) is 16.9 Å². The fourth-order valence-electron chi connectivity index (χ4n) is 0.760. The van der Waals surface area contributed by atoms with Crippen molar-refractivity contribution in [1.82, 2.24) is 15.4 Å². The Kier molecular flexibility index (Phi) is 5.24. The van der Waals surface area contributed by atoms with E-state index in [-0.39, 0.29) is 5.91 Å². The molecule has 80 valence electrons. The second kappa shape index (κ2) is 6.83. The zero-order valence-corrected chi connectivity index (χ0v) is 8.96. The number of hydrogen-bond acceptors (Lipinski definition) is 5. The third-order valence-corrected chi connectivity index (χ3v) is 2.29. The molecule has 2 N–H and O–H groups in total. The normalized spacial score (nSPS) is 9.33. The van der Waals surface area contributed by atoms with Crippen LogP contribution in [-0.2, 0) is 4.79 Å². The van der Waals surface area contributed by atoms with Gasteiger partial charge in [0.1, 0.15) is 0 Å². The first-order valence-corrected chi connectivity index (χ1v) is 5.49. The summed E-state index contributed by atoms with van der Waals surface area (Å²) in [4.78, 5) is 19.0. The van der Waals surface area contributed by atoms with E-state index in [0.717, 1.165) is 5.75 Å². The highest BCUT2D eigenvalue weighted by Crippen LogP contribution is 1.98. The zero-order chi connectivity index (χ0) is 10.9. The molecule has 0 fully saturated rings. The fraction of sp³-hybridized carbons (Fsp3) is 0.222. The van der Waals surface area contributed by atoms with E-state index in [1.165, 1.54) is 11.8 Å². The van der Waals surface area contributed by atoms with Gasteiger partial charge in [-0.3, -0.25) is 15.6 Å². The van der Waals surface area contributed by atoms with Crippen molar-refractivity contribution in [1.29, 1.82) is 0 Å². The molecule has 0 atom stereocenters. The molecule has 0 spiro atoms. The maximum atomic E-state index is 11.2. The van der Waals surface area contributed by atoms with Crippen molar-refractivity contribution in [3.8, 4) is 0 Å². The summed E-state index contributed by atoms with van der Waals surface area (Å²) in [6.45, 7) is 3.56. The molecule has 0 aromatic carbocycles. The number of thioether (sulfide) groups is 1. The van der Waals surface area contributed by atoms with Crippen LogP contribution < -0.4 is 10.9 Å². The molecular weight excluding hydrogens is 212 g/mol. The molecule has 15 heavy (non-hydrogen) atoms. The van der Waals surface area contributed by atoms with E-state index in [0.29, 0.717) is 11.7 Å². The Hall–Kier alpha value is -1.56. The van der Waals surface area contributed by atoms with Crippen molar-refractivity contribution in [2.45, 2.75) is 0 Å². The van der Waals surface area contributed by atoms with Crippen LogP contribution in [-0.4, -0.2) is 27.4 Å². The van der Waals surface area contributed by atoms with Gasteiger partial charge >= 0.3 is 0 Å². The Balaban J connectivity index is 2.20. The first kappa shape index (κ1) is 11.5. The summed E-state index contributed by atoms with van der Waals surface area (Å²) in [5.74, 6) is 1.40. The van der Waals surface area contributed by atoms with Crippen LogP contribution in [0.3, 0.4) is 0 Å². The van der Waals surface area contributed by atoms with Gasteiger partial charge in [-0.2, -0.15) is 0 Å². The lowest BCUT2D eigenvalue weighted by atomic mass is 10.7. The molecule has 1 amide bonds. The molecule has 0 aliphatic heterocycles. The van der Waals surface area contributed by atoms with Crippen molar-refractivity contribution in [3.63, 3.8) is 0 Å². The smallest absolute Gasteiger partial charge is 0.248 e. The third-order valence-electron chi connectivity index (χ3n) is 1.35. The number of carbonyl (C=O) groups excluding carboxylic acids is 1. The molecule has 1 rings (SSSR count). The molecule has 5 nitrogen and oxygen atoms in total. The van der Waals surface area contributed by atoms with Crippen molar-refractivity contribution < 1.29 is 4.79 Å². The average molecular weight is 224 g/mol. The molecule has 1 aromatic rings.